The van der Waals surface area contributed by atoms with Gasteiger partial charge in [0.25, 0.3) is 0 Å². The summed E-state index contributed by atoms with van der Waals surface area (Å²) in [5, 5.41) is 0. The van der Waals surface area contributed by atoms with Crippen LogP contribution in [0.2, 0.25) is 0 Å². The van der Waals surface area contributed by atoms with Crippen molar-refractivity contribution in [3.05, 3.63) is 0 Å². The SMILES string of the molecule is CCC[C@@H](N)C1(OC)CCC1. The Bertz CT molecular complexity index is 115. The van der Waals surface area contributed by atoms with Gasteiger partial charge < -0.3 is 10.5 Å². The van der Waals surface area contributed by atoms with Gasteiger partial charge in [0.05, 0.1) is 5.60 Å². The molecule has 2 N–H and O–H groups in total. The molecule has 0 aliphatic heterocycles. The molecule has 2 heteroatoms. The van der Waals surface area contributed by atoms with Crippen LogP contribution in [0, 0.1) is 0 Å². The highest BCUT2D eigenvalue weighted by molar-refractivity contribution is 4.97. The van der Waals surface area contributed by atoms with Crippen molar-refractivity contribution in [1.82, 2.24) is 0 Å². The van der Waals surface area contributed by atoms with E-state index in [4.69, 9.17) is 10.5 Å². The molecule has 0 saturated heterocycles. The van der Waals surface area contributed by atoms with Crippen LogP contribution in [0.4, 0.5) is 0 Å². The van der Waals surface area contributed by atoms with Gasteiger partial charge in [-0.25, -0.2) is 0 Å². The van der Waals surface area contributed by atoms with E-state index >= 15 is 0 Å². The highest BCUT2D eigenvalue weighted by Gasteiger charge is 2.41. The van der Waals surface area contributed by atoms with E-state index in [9.17, 15) is 0 Å². The van der Waals surface area contributed by atoms with Gasteiger partial charge in [0.2, 0.25) is 0 Å². The lowest BCUT2D eigenvalue weighted by Gasteiger charge is -2.45. The fourth-order valence-corrected chi connectivity index (χ4v) is 1.83. The van der Waals surface area contributed by atoms with Crippen LogP contribution in [0.3, 0.4) is 0 Å². The van der Waals surface area contributed by atoms with Crippen LogP contribution in [0.25, 0.3) is 0 Å². The van der Waals surface area contributed by atoms with Crippen molar-refractivity contribution in [1.29, 1.82) is 0 Å². The molecule has 0 unspecified atom stereocenters. The number of nitrogens with two attached hydrogens (primary N) is 1. The third-order valence-electron chi connectivity index (χ3n) is 2.88. The lowest BCUT2D eigenvalue weighted by Crippen LogP contribution is -2.54. The first kappa shape index (κ1) is 9.01. The van der Waals surface area contributed by atoms with Crippen LogP contribution in [-0.4, -0.2) is 18.8 Å². The Morgan fingerprint density at radius 1 is 1.55 bits per heavy atom. The fraction of sp³-hybridized carbons (Fsp3) is 1.00. The molecule has 0 spiro atoms. The van der Waals surface area contributed by atoms with Gasteiger partial charge >= 0.3 is 0 Å². The largest absolute Gasteiger partial charge is 0.377 e. The number of hydrogen-bond donors (Lipinski definition) is 1. The van der Waals surface area contributed by atoms with E-state index in [2.05, 4.69) is 6.92 Å². The third kappa shape index (κ3) is 1.57. The standard InChI is InChI=1S/C9H19NO/c1-3-5-8(10)9(11-2)6-4-7-9/h8H,3-7,10H2,1-2H3/t8-/m1/s1. The Morgan fingerprint density at radius 2 is 2.18 bits per heavy atom. The molecular formula is C9H19NO. The normalized spacial score (nSPS) is 24.3. The van der Waals surface area contributed by atoms with Gasteiger partial charge in [-0.3, -0.25) is 0 Å². The van der Waals surface area contributed by atoms with Crippen LogP contribution in [0.15, 0.2) is 0 Å². The van der Waals surface area contributed by atoms with E-state index in [-0.39, 0.29) is 11.6 Å². The Balaban J connectivity index is 2.40. The lowest BCUT2D eigenvalue weighted by atomic mass is 9.73. The average molecular weight is 157 g/mol. The Morgan fingerprint density at radius 3 is 2.45 bits per heavy atom. The minimum Gasteiger partial charge on any atom is -0.377 e. The average Bonchev–Trinajstić information content (AvgIpc) is 1.87. The van der Waals surface area contributed by atoms with Gasteiger partial charge in [0, 0.05) is 13.2 Å². The molecule has 66 valence electrons. The molecule has 0 amide bonds. The van der Waals surface area contributed by atoms with Crippen LogP contribution in [0.1, 0.15) is 39.0 Å². The molecule has 0 aromatic carbocycles. The highest BCUT2D eigenvalue weighted by Crippen LogP contribution is 2.38. The van der Waals surface area contributed by atoms with Gasteiger partial charge in [-0.15, -0.1) is 0 Å². The zero-order chi connectivity index (χ0) is 8.32. The number of hydrogen-bond acceptors (Lipinski definition) is 2. The zero-order valence-corrected chi connectivity index (χ0v) is 7.60. The molecular weight excluding hydrogens is 138 g/mol. The van der Waals surface area contributed by atoms with Crippen molar-refractivity contribution >= 4 is 0 Å². The molecule has 1 rings (SSSR count). The second-order valence-electron chi connectivity index (χ2n) is 3.52. The predicted octanol–water partition coefficient (Wildman–Crippen LogP) is 1.68. The minimum absolute atomic E-state index is 0.0516. The van der Waals surface area contributed by atoms with E-state index < -0.39 is 0 Å². The van der Waals surface area contributed by atoms with Crippen LogP contribution in [-0.2, 0) is 4.74 Å². The quantitative estimate of drug-likeness (QED) is 0.674. The maximum Gasteiger partial charge on any atom is 0.0828 e. The van der Waals surface area contributed by atoms with Gasteiger partial charge in [-0.2, -0.15) is 0 Å². The number of ether oxygens (including phenoxy) is 1. The van der Waals surface area contributed by atoms with E-state index in [0.717, 1.165) is 25.7 Å². The maximum absolute atomic E-state index is 6.01. The fourth-order valence-electron chi connectivity index (χ4n) is 1.83. The molecule has 1 aliphatic carbocycles. The summed E-state index contributed by atoms with van der Waals surface area (Å²) >= 11 is 0. The third-order valence-corrected chi connectivity index (χ3v) is 2.88. The Labute approximate surface area is 69.1 Å². The smallest absolute Gasteiger partial charge is 0.0828 e. The molecule has 1 saturated carbocycles. The second-order valence-corrected chi connectivity index (χ2v) is 3.52. The summed E-state index contributed by atoms with van der Waals surface area (Å²) in [6, 6.07) is 0.256. The molecule has 1 fully saturated rings. The number of methoxy groups -OCH3 is 1. The van der Waals surface area contributed by atoms with Gasteiger partial charge in [0.15, 0.2) is 0 Å². The van der Waals surface area contributed by atoms with E-state index in [1.165, 1.54) is 6.42 Å². The number of rotatable bonds is 4. The summed E-state index contributed by atoms with van der Waals surface area (Å²) in [4.78, 5) is 0. The summed E-state index contributed by atoms with van der Waals surface area (Å²) < 4.78 is 5.46. The van der Waals surface area contributed by atoms with Crippen molar-refractivity contribution in [3.63, 3.8) is 0 Å². The molecule has 0 bridgehead atoms. The van der Waals surface area contributed by atoms with E-state index in [1.54, 1.807) is 7.11 Å². The maximum atomic E-state index is 6.01. The lowest BCUT2D eigenvalue weighted by molar-refractivity contribution is -0.0914. The summed E-state index contributed by atoms with van der Waals surface area (Å²) in [6.45, 7) is 2.17. The molecule has 1 aliphatic rings. The van der Waals surface area contributed by atoms with Gasteiger partial charge in [-0.05, 0) is 25.7 Å². The van der Waals surface area contributed by atoms with Crippen molar-refractivity contribution in [2.45, 2.75) is 50.7 Å². The zero-order valence-electron chi connectivity index (χ0n) is 7.60. The van der Waals surface area contributed by atoms with Crippen molar-refractivity contribution in [2.75, 3.05) is 7.11 Å². The molecule has 0 aromatic rings. The van der Waals surface area contributed by atoms with Crippen molar-refractivity contribution in [3.8, 4) is 0 Å². The minimum atomic E-state index is 0.0516. The summed E-state index contributed by atoms with van der Waals surface area (Å²) in [6.07, 6.45) is 5.85. The summed E-state index contributed by atoms with van der Waals surface area (Å²) in [7, 11) is 1.79. The van der Waals surface area contributed by atoms with Crippen LogP contribution in [0.5, 0.6) is 0 Å². The summed E-state index contributed by atoms with van der Waals surface area (Å²) in [5.74, 6) is 0. The first-order valence-electron chi connectivity index (χ1n) is 4.56. The Hall–Kier alpha value is -0.0800. The summed E-state index contributed by atoms with van der Waals surface area (Å²) in [5.41, 5.74) is 6.06. The van der Waals surface area contributed by atoms with Crippen molar-refractivity contribution in [2.24, 2.45) is 5.73 Å². The van der Waals surface area contributed by atoms with Gasteiger partial charge in [-0.1, -0.05) is 13.3 Å². The molecule has 0 heterocycles. The topological polar surface area (TPSA) is 35.2 Å². The monoisotopic (exact) mass is 157 g/mol. The first-order valence-corrected chi connectivity index (χ1v) is 4.56. The second kappa shape index (κ2) is 3.55. The predicted molar refractivity (Wildman–Crippen MR) is 46.5 cm³/mol. The molecule has 1 atom stereocenters. The molecule has 2 nitrogen and oxygen atoms in total. The molecule has 0 aromatic heterocycles. The van der Waals surface area contributed by atoms with Crippen molar-refractivity contribution < 1.29 is 4.74 Å². The highest BCUT2D eigenvalue weighted by atomic mass is 16.5. The van der Waals surface area contributed by atoms with E-state index in [1.807, 2.05) is 0 Å². The molecule has 11 heavy (non-hydrogen) atoms. The molecule has 0 radical (unpaired) electrons. The Kier molecular flexibility index (Phi) is 2.90. The van der Waals surface area contributed by atoms with Gasteiger partial charge in [0.1, 0.15) is 0 Å². The first-order chi connectivity index (χ1) is 5.25. The van der Waals surface area contributed by atoms with E-state index in [0.29, 0.717) is 0 Å². The van der Waals surface area contributed by atoms with Crippen LogP contribution >= 0.6 is 0 Å². The van der Waals surface area contributed by atoms with Crippen LogP contribution < -0.4 is 5.73 Å².